The van der Waals surface area contributed by atoms with Crippen LogP contribution < -0.4 is 0 Å². The van der Waals surface area contributed by atoms with E-state index < -0.39 is 0 Å². The number of benzene rings is 1. The Labute approximate surface area is 124 Å². The summed E-state index contributed by atoms with van der Waals surface area (Å²) in [5, 5.41) is 0. The van der Waals surface area contributed by atoms with Crippen molar-refractivity contribution < 1.29 is 0 Å². The van der Waals surface area contributed by atoms with Gasteiger partial charge < -0.3 is 4.90 Å². The van der Waals surface area contributed by atoms with E-state index in [1.54, 1.807) is 11.1 Å². The largest absolute Gasteiger partial charge is 0.300 e. The minimum atomic E-state index is 0.729. The molecule has 0 bridgehead atoms. The molecule has 1 aliphatic carbocycles. The number of aryl methyl sites for hydroxylation is 2. The maximum atomic E-state index is 2.80. The van der Waals surface area contributed by atoms with Gasteiger partial charge in [-0.1, -0.05) is 31.9 Å². The zero-order chi connectivity index (χ0) is 14.1. The minimum absolute atomic E-state index is 0.729. The molecular weight excluding hydrogens is 242 g/mol. The Hall–Kier alpha value is -0.820. The summed E-state index contributed by atoms with van der Waals surface area (Å²) in [6, 6.07) is 5.43. The van der Waals surface area contributed by atoms with Crippen LogP contribution in [0.5, 0.6) is 0 Å². The third kappa shape index (κ3) is 2.65. The lowest BCUT2D eigenvalue weighted by atomic mass is 9.77. The molecule has 2 aliphatic rings. The normalized spacial score (nSPS) is 27.9. The van der Waals surface area contributed by atoms with Gasteiger partial charge >= 0.3 is 0 Å². The molecule has 3 rings (SSSR count). The second-order valence-corrected chi connectivity index (χ2v) is 7.04. The lowest BCUT2D eigenvalue weighted by molar-refractivity contribution is 0.178. The van der Waals surface area contributed by atoms with Crippen molar-refractivity contribution in [3.05, 3.63) is 34.4 Å². The van der Waals surface area contributed by atoms with Crippen LogP contribution in [0.25, 0.3) is 0 Å². The fraction of sp³-hybridized carbons (Fsp3) is 0.684. The number of hydrogen-bond acceptors (Lipinski definition) is 1. The topological polar surface area (TPSA) is 3.24 Å². The van der Waals surface area contributed by atoms with Gasteiger partial charge in [-0.15, -0.1) is 0 Å². The van der Waals surface area contributed by atoms with E-state index in [0.717, 1.165) is 12.0 Å². The SMILES string of the molecule is Cc1ccc(C)c2c1CC(N1CCCCCC1)CC2C. The van der Waals surface area contributed by atoms with Gasteiger partial charge in [-0.2, -0.15) is 0 Å². The molecule has 110 valence electrons. The average molecular weight is 271 g/mol. The van der Waals surface area contributed by atoms with Gasteiger partial charge in [-0.3, -0.25) is 0 Å². The zero-order valence-electron chi connectivity index (χ0n) is 13.4. The van der Waals surface area contributed by atoms with Crippen LogP contribution in [0.2, 0.25) is 0 Å². The number of hydrogen-bond donors (Lipinski definition) is 0. The number of fused-ring (bicyclic) bond motifs is 1. The number of likely N-dealkylation sites (tertiary alicyclic amines) is 1. The molecule has 1 aliphatic heterocycles. The zero-order valence-corrected chi connectivity index (χ0v) is 13.4. The Morgan fingerprint density at radius 3 is 2.30 bits per heavy atom. The van der Waals surface area contributed by atoms with Gasteiger partial charge in [0.1, 0.15) is 0 Å². The highest BCUT2D eigenvalue weighted by atomic mass is 15.2. The van der Waals surface area contributed by atoms with Crippen molar-refractivity contribution in [2.75, 3.05) is 13.1 Å². The molecule has 0 saturated carbocycles. The molecule has 1 heterocycles. The van der Waals surface area contributed by atoms with Gasteiger partial charge in [0.2, 0.25) is 0 Å². The molecule has 0 spiro atoms. The minimum Gasteiger partial charge on any atom is -0.300 e. The van der Waals surface area contributed by atoms with E-state index in [0.29, 0.717) is 0 Å². The highest BCUT2D eigenvalue weighted by Gasteiger charge is 2.30. The van der Waals surface area contributed by atoms with Crippen molar-refractivity contribution in [3.63, 3.8) is 0 Å². The second-order valence-electron chi connectivity index (χ2n) is 7.04. The third-order valence-electron chi connectivity index (χ3n) is 5.52. The van der Waals surface area contributed by atoms with Crippen LogP contribution in [0.3, 0.4) is 0 Å². The molecule has 20 heavy (non-hydrogen) atoms. The van der Waals surface area contributed by atoms with E-state index in [2.05, 4.69) is 37.8 Å². The number of rotatable bonds is 1. The van der Waals surface area contributed by atoms with Gasteiger partial charge in [0.15, 0.2) is 0 Å². The molecule has 0 amide bonds. The first-order valence-electron chi connectivity index (χ1n) is 8.50. The summed E-state index contributed by atoms with van der Waals surface area (Å²) in [6.45, 7) is 9.70. The van der Waals surface area contributed by atoms with Gasteiger partial charge in [-0.05, 0) is 80.8 Å². The number of nitrogens with zero attached hydrogens (tertiary/aromatic N) is 1. The van der Waals surface area contributed by atoms with Crippen LogP contribution >= 0.6 is 0 Å². The molecule has 0 aromatic heterocycles. The van der Waals surface area contributed by atoms with Crippen molar-refractivity contribution in [2.24, 2.45) is 0 Å². The summed E-state index contributed by atoms with van der Waals surface area (Å²) >= 11 is 0. The highest BCUT2D eigenvalue weighted by molar-refractivity contribution is 5.44. The van der Waals surface area contributed by atoms with Crippen LogP contribution in [0.1, 0.15) is 67.2 Å². The molecule has 1 aromatic carbocycles. The highest BCUT2D eigenvalue weighted by Crippen LogP contribution is 2.37. The lowest BCUT2D eigenvalue weighted by Gasteiger charge is -2.38. The second kappa shape index (κ2) is 5.89. The Morgan fingerprint density at radius 2 is 1.60 bits per heavy atom. The van der Waals surface area contributed by atoms with Crippen LogP contribution in [-0.4, -0.2) is 24.0 Å². The van der Waals surface area contributed by atoms with Crippen LogP contribution in [0, 0.1) is 13.8 Å². The van der Waals surface area contributed by atoms with Crippen LogP contribution in [-0.2, 0) is 6.42 Å². The van der Waals surface area contributed by atoms with Crippen molar-refractivity contribution in [1.29, 1.82) is 0 Å². The Kier molecular flexibility index (Phi) is 4.16. The van der Waals surface area contributed by atoms with E-state index in [9.17, 15) is 0 Å². The average Bonchev–Trinajstić information content (AvgIpc) is 2.71. The van der Waals surface area contributed by atoms with E-state index in [1.807, 2.05) is 0 Å². The van der Waals surface area contributed by atoms with E-state index in [-0.39, 0.29) is 0 Å². The molecule has 0 N–H and O–H groups in total. The summed E-state index contributed by atoms with van der Waals surface area (Å²) in [5.41, 5.74) is 6.35. The Balaban J connectivity index is 1.86. The first-order valence-corrected chi connectivity index (χ1v) is 8.50. The summed E-state index contributed by atoms with van der Waals surface area (Å²) in [4.78, 5) is 2.80. The van der Waals surface area contributed by atoms with Crippen LogP contribution in [0.15, 0.2) is 12.1 Å². The van der Waals surface area contributed by atoms with E-state index in [4.69, 9.17) is 0 Å². The molecule has 1 saturated heterocycles. The molecule has 1 nitrogen and oxygen atoms in total. The first kappa shape index (κ1) is 14.1. The quantitative estimate of drug-likeness (QED) is 0.721. The molecular formula is C19H29N. The first-order chi connectivity index (χ1) is 9.66. The van der Waals surface area contributed by atoms with Crippen molar-refractivity contribution in [2.45, 2.75) is 71.3 Å². The molecule has 1 fully saturated rings. The predicted molar refractivity (Wildman–Crippen MR) is 86.5 cm³/mol. The third-order valence-corrected chi connectivity index (χ3v) is 5.52. The van der Waals surface area contributed by atoms with E-state index >= 15 is 0 Å². The van der Waals surface area contributed by atoms with Gasteiger partial charge in [-0.25, -0.2) is 0 Å². The molecule has 2 unspecified atom stereocenters. The smallest absolute Gasteiger partial charge is 0.0142 e. The Morgan fingerprint density at radius 1 is 0.950 bits per heavy atom. The van der Waals surface area contributed by atoms with Crippen molar-refractivity contribution in [3.8, 4) is 0 Å². The molecule has 1 aromatic rings. The van der Waals surface area contributed by atoms with Gasteiger partial charge in [0.25, 0.3) is 0 Å². The summed E-state index contributed by atoms with van der Waals surface area (Å²) in [5.74, 6) is 0.729. The summed E-state index contributed by atoms with van der Waals surface area (Å²) in [6.07, 6.45) is 8.33. The Bertz CT molecular complexity index is 469. The van der Waals surface area contributed by atoms with Gasteiger partial charge in [0.05, 0.1) is 0 Å². The molecule has 0 radical (unpaired) electrons. The maximum Gasteiger partial charge on any atom is 0.0142 e. The summed E-state index contributed by atoms with van der Waals surface area (Å²) < 4.78 is 0. The fourth-order valence-electron chi connectivity index (χ4n) is 4.43. The van der Waals surface area contributed by atoms with Crippen molar-refractivity contribution in [1.82, 2.24) is 4.90 Å². The van der Waals surface area contributed by atoms with Crippen LogP contribution in [0.4, 0.5) is 0 Å². The predicted octanol–water partition coefficient (Wildman–Crippen LogP) is 4.60. The van der Waals surface area contributed by atoms with E-state index in [1.165, 1.54) is 62.7 Å². The molecule has 1 heteroatoms. The van der Waals surface area contributed by atoms with Crippen molar-refractivity contribution >= 4 is 0 Å². The lowest BCUT2D eigenvalue weighted by Crippen LogP contribution is -2.41. The fourth-order valence-corrected chi connectivity index (χ4v) is 4.43. The van der Waals surface area contributed by atoms with Gasteiger partial charge in [0, 0.05) is 6.04 Å². The maximum absolute atomic E-state index is 2.80. The standard InChI is InChI=1S/C19H29N/c1-14-8-9-15(2)19-16(3)12-17(13-18(14)19)20-10-6-4-5-7-11-20/h8-9,16-17H,4-7,10-13H2,1-3H3. The molecule has 2 atom stereocenters. The monoisotopic (exact) mass is 271 g/mol. The summed E-state index contributed by atoms with van der Waals surface area (Å²) in [7, 11) is 0.